The third-order valence-corrected chi connectivity index (χ3v) is 3.83. The number of nitrogens with two attached hydrogens (primary N) is 1. The van der Waals surface area contributed by atoms with Gasteiger partial charge in [-0.2, -0.15) is 28.1 Å². The van der Waals surface area contributed by atoms with Gasteiger partial charge in [-0.1, -0.05) is 11.8 Å². The third-order valence-electron chi connectivity index (χ3n) is 2.78. The average Bonchev–Trinajstić information content (AvgIpc) is 2.46. The van der Waals surface area contributed by atoms with Gasteiger partial charge in [-0.25, -0.2) is 4.98 Å². The molecule has 0 aliphatic carbocycles. The molecule has 2 heterocycles. The maximum Gasteiger partial charge on any atom is 0.417 e. The van der Waals surface area contributed by atoms with Crippen molar-refractivity contribution < 1.29 is 13.2 Å². The van der Waals surface area contributed by atoms with E-state index in [1.54, 1.807) is 19.0 Å². The fraction of sp³-hybridized carbons (Fsp3) is 0.385. The van der Waals surface area contributed by atoms with Crippen LogP contribution in [0.4, 0.5) is 25.1 Å². The van der Waals surface area contributed by atoms with Crippen LogP contribution in [-0.2, 0) is 6.18 Å². The monoisotopic (exact) mass is 344 g/mol. The predicted molar refractivity (Wildman–Crippen MR) is 82.1 cm³/mol. The SMILES string of the molecule is C[C@H](Sc1ccc(C(F)(F)F)cn1)c1nc(N)nc(N(C)C)n1. The Bertz CT molecular complexity index is 674. The van der Waals surface area contributed by atoms with Gasteiger partial charge < -0.3 is 10.6 Å². The van der Waals surface area contributed by atoms with Crippen LogP contribution in [0.15, 0.2) is 23.4 Å². The normalized spacial score (nSPS) is 13.0. The third kappa shape index (κ3) is 4.44. The second-order valence-electron chi connectivity index (χ2n) is 4.89. The molecule has 0 amide bonds. The molecule has 0 unspecified atom stereocenters. The van der Waals surface area contributed by atoms with Gasteiger partial charge in [0.2, 0.25) is 11.9 Å². The second-order valence-corrected chi connectivity index (χ2v) is 6.25. The topological polar surface area (TPSA) is 80.8 Å². The fourth-order valence-electron chi connectivity index (χ4n) is 1.63. The van der Waals surface area contributed by atoms with E-state index in [1.807, 2.05) is 6.92 Å². The van der Waals surface area contributed by atoms with Crippen molar-refractivity contribution in [1.29, 1.82) is 0 Å². The standard InChI is InChI=1S/C13H15F3N6S/c1-7(10-19-11(17)21-12(20-10)22(2)3)23-9-5-4-8(6-18-9)13(14,15)16/h4-7H,1-3H3,(H2,17,19,20,21)/t7-/m0/s1. The molecule has 2 rings (SSSR count). The number of nitrogens with zero attached hydrogens (tertiary/aromatic N) is 5. The number of pyridine rings is 1. The highest BCUT2D eigenvalue weighted by molar-refractivity contribution is 7.99. The van der Waals surface area contributed by atoms with E-state index in [4.69, 9.17) is 5.73 Å². The van der Waals surface area contributed by atoms with Gasteiger partial charge in [0.05, 0.1) is 15.8 Å². The van der Waals surface area contributed by atoms with Gasteiger partial charge in [-0.15, -0.1) is 0 Å². The first-order chi connectivity index (χ1) is 10.7. The van der Waals surface area contributed by atoms with E-state index in [1.165, 1.54) is 17.8 Å². The molecule has 0 saturated heterocycles. The van der Waals surface area contributed by atoms with Crippen molar-refractivity contribution in [2.45, 2.75) is 23.4 Å². The number of nitrogen functional groups attached to an aromatic ring is 1. The summed E-state index contributed by atoms with van der Waals surface area (Å²) in [6.45, 7) is 1.82. The Morgan fingerprint density at radius 2 is 1.87 bits per heavy atom. The Balaban J connectivity index is 2.17. The minimum Gasteiger partial charge on any atom is -0.368 e. The number of hydrogen-bond donors (Lipinski definition) is 1. The smallest absolute Gasteiger partial charge is 0.368 e. The highest BCUT2D eigenvalue weighted by Crippen LogP contribution is 2.34. The van der Waals surface area contributed by atoms with Crippen LogP contribution in [-0.4, -0.2) is 34.0 Å². The zero-order valence-corrected chi connectivity index (χ0v) is 13.5. The summed E-state index contributed by atoms with van der Waals surface area (Å²) in [4.78, 5) is 17.9. The molecule has 0 aromatic carbocycles. The first kappa shape index (κ1) is 17.3. The van der Waals surface area contributed by atoms with Gasteiger partial charge >= 0.3 is 6.18 Å². The van der Waals surface area contributed by atoms with Gasteiger partial charge in [-0.05, 0) is 19.1 Å². The van der Waals surface area contributed by atoms with E-state index in [0.717, 1.165) is 12.3 Å². The lowest BCUT2D eigenvalue weighted by atomic mass is 10.3. The van der Waals surface area contributed by atoms with Crippen molar-refractivity contribution in [3.63, 3.8) is 0 Å². The maximum atomic E-state index is 12.5. The summed E-state index contributed by atoms with van der Waals surface area (Å²) in [6, 6.07) is 2.32. The van der Waals surface area contributed by atoms with Crippen LogP contribution in [0, 0.1) is 0 Å². The molecular weight excluding hydrogens is 329 g/mol. The Morgan fingerprint density at radius 1 is 1.17 bits per heavy atom. The Hall–Kier alpha value is -2.10. The first-order valence-electron chi connectivity index (χ1n) is 6.55. The molecule has 0 fully saturated rings. The molecule has 10 heteroatoms. The minimum atomic E-state index is -4.40. The largest absolute Gasteiger partial charge is 0.417 e. The van der Waals surface area contributed by atoms with Gasteiger partial charge in [-0.3, -0.25) is 0 Å². The van der Waals surface area contributed by atoms with Crippen molar-refractivity contribution in [2.24, 2.45) is 0 Å². The summed E-state index contributed by atoms with van der Waals surface area (Å²) < 4.78 is 37.6. The molecule has 23 heavy (non-hydrogen) atoms. The van der Waals surface area contributed by atoms with Crippen LogP contribution in [0.1, 0.15) is 23.6 Å². The molecule has 2 aromatic rings. The molecule has 0 radical (unpaired) electrons. The van der Waals surface area contributed by atoms with Crippen LogP contribution in [0.2, 0.25) is 0 Å². The summed E-state index contributed by atoms with van der Waals surface area (Å²) in [5, 5.41) is 0.194. The van der Waals surface area contributed by atoms with Gasteiger partial charge in [0.25, 0.3) is 0 Å². The van der Waals surface area contributed by atoms with Crippen molar-refractivity contribution in [3.8, 4) is 0 Å². The number of halogens is 3. The highest BCUT2D eigenvalue weighted by atomic mass is 32.2. The molecule has 1 atom stereocenters. The van der Waals surface area contributed by atoms with E-state index in [9.17, 15) is 13.2 Å². The number of alkyl halides is 3. The lowest BCUT2D eigenvalue weighted by Crippen LogP contribution is -2.16. The maximum absolute atomic E-state index is 12.5. The molecule has 2 N–H and O–H groups in total. The van der Waals surface area contributed by atoms with E-state index in [0.29, 0.717) is 16.8 Å². The lowest BCUT2D eigenvalue weighted by molar-refractivity contribution is -0.137. The van der Waals surface area contributed by atoms with E-state index in [2.05, 4.69) is 19.9 Å². The van der Waals surface area contributed by atoms with Crippen LogP contribution < -0.4 is 10.6 Å². The molecule has 0 aliphatic heterocycles. The molecule has 0 spiro atoms. The first-order valence-corrected chi connectivity index (χ1v) is 7.43. The summed E-state index contributed by atoms with van der Waals surface area (Å²) in [7, 11) is 3.54. The quantitative estimate of drug-likeness (QED) is 0.854. The zero-order chi connectivity index (χ0) is 17.2. The van der Waals surface area contributed by atoms with Gasteiger partial charge in [0.15, 0.2) is 0 Å². The van der Waals surface area contributed by atoms with Gasteiger partial charge in [0, 0.05) is 20.3 Å². The number of rotatable bonds is 4. The fourth-order valence-corrected chi connectivity index (χ4v) is 2.46. The summed E-state index contributed by atoms with van der Waals surface area (Å²) >= 11 is 1.24. The van der Waals surface area contributed by atoms with Gasteiger partial charge in [0.1, 0.15) is 5.82 Å². The molecule has 0 bridgehead atoms. The molecule has 2 aromatic heterocycles. The van der Waals surface area contributed by atoms with Crippen LogP contribution in [0.3, 0.4) is 0 Å². The summed E-state index contributed by atoms with van der Waals surface area (Å²) in [5.74, 6) is 0.944. The van der Waals surface area contributed by atoms with E-state index in [-0.39, 0.29) is 11.2 Å². The molecule has 124 valence electrons. The number of thioether (sulfide) groups is 1. The van der Waals surface area contributed by atoms with E-state index < -0.39 is 11.7 Å². The minimum absolute atomic E-state index is 0.0894. The average molecular weight is 344 g/mol. The number of aromatic nitrogens is 4. The molecule has 6 nitrogen and oxygen atoms in total. The van der Waals surface area contributed by atoms with Crippen molar-refractivity contribution in [2.75, 3.05) is 24.7 Å². The lowest BCUT2D eigenvalue weighted by Gasteiger charge is -2.14. The van der Waals surface area contributed by atoms with E-state index >= 15 is 0 Å². The van der Waals surface area contributed by atoms with Crippen molar-refractivity contribution >= 4 is 23.7 Å². The number of anilines is 2. The zero-order valence-electron chi connectivity index (χ0n) is 12.7. The molecule has 0 saturated carbocycles. The Kier molecular flexibility index (Phi) is 4.93. The van der Waals surface area contributed by atoms with Crippen LogP contribution in [0.25, 0.3) is 0 Å². The molecule has 0 aliphatic rings. The van der Waals surface area contributed by atoms with Crippen LogP contribution in [0.5, 0.6) is 0 Å². The van der Waals surface area contributed by atoms with Crippen molar-refractivity contribution in [3.05, 3.63) is 29.7 Å². The number of hydrogen-bond acceptors (Lipinski definition) is 7. The summed E-state index contributed by atoms with van der Waals surface area (Å²) in [6.07, 6.45) is -3.59. The predicted octanol–water partition coefficient (Wildman–Crippen LogP) is 2.79. The highest BCUT2D eigenvalue weighted by Gasteiger charge is 2.30. The Labute approximate surface area is 135 Å². The van der Waals surface area contributed by atoms with Crippen molar-refractivity contribution in [1.82, 2.24) is 19.9 Å². The van der Waals surface area contributed by atoms with Crippen LogP contribution >= 0.6 is 11.8 Å². The Morgan fingerprint density at radius 3 is 2.39 bits per heavy atom. The second kappa shape index (κ2) is 6.57. The summed E-state index contributed by atoms with van der Waals surface area (Å²) in [5.41, 5.74) is 4.87. The molecular formula is C13H15F3N6S.